The Balaban J connectivity index is 1.40. The lowest BCUT2D eigenvalue weighted by Gasteiger charge is -2.07. The summed E-state index contributed by atoms with van der Waals surface area (Å²) in [5, 5.41) is 14.9. The molecule has 3 aromatic carbocycles. The van der Waals surface area contributed by atoms with Gasteiger partial charge >= 0.3 is 0 Å². The molecule has 168 valence electrons. The van der Waals surface area contributed by atoms with Gasteiger partial charge < -0.3 is 9.26 Å². The topological polar surface area (TPSA) is 91.3 Å². The van der Waals surface area contributed by atoms with Crippen LogP contribution in [0.5, 0.6) is 5.75 Å². The highest BCUT2D eigenvalue weighted by molar-refractivity contribution is 5.68. The van der Waals surface area contributed by atoms with E-state index in [0.717, 1.165) is 35.5 Å². The molecule has 0 radical (unpaired) electrons. The van der Waals surface area contributed by atoms with E-state index in [1.807, 2.05) is 36.4 Å². The van der Waals surface area contributed by atoms with Crippen LogP contribution in [0.25, 0.3) is 34.0 Å². The lowest BCUT2D eigenvalue weighted by atomic mass is 10.0. The van der Waals surface area contributed by atoms with E-state index >= 15 is 0 Å². The Kier molecular flexibility index (Phi) is 7.09. The fourth-order valence-corrected chi connectivity index (χ4v) is 3.46. The maximum absolute atomic E-state index is 10.8. The van der Waals surface area contributed by atoms with E-state index in [1.54, 1.807) is 12.1 Å². The van der Waals surface area contributed by atoms with Crippen molar-refractivity contribution in [3.8, 4) is 39.7 Å². The highest BCUT2D eigenvalue weighted by Gasteiger charge is 2.13. The second kappa shape index (κ2) is 10.5. The first-order valence-electron chi connectivity index (χ1n) is 11.1. The number of nitro benzene ring substituents is 1. The van der Waals surface area contributed by atoms with Crippen LogP contribution < -0.4 is 4.74 Å². The molecule has 4 rings (SSSR count). The summed E-state index contributed by atoms with van der Waals surface area (Å²) in [4.78, 5) is 14.8. The molecule has 0 aliphatic carbocycles. The summed E-state index contributed by atoms with van der Waals surface area (Å²) in [5.41, 5.74) is 3.64. The minimum absolute atomic E-state index is 0.0145. The highest BCUT2D eigenvalue weighted by Crippen LogP contribution is 2.27. The second-order valence-electron chi connectivity index (χ2n) is 7.74. The Morgan fingerprint density at radius 3 is 2.06 bits per heavy atom. The molecule has 0 saturated carbocycles. The normalized spacial score (nSPS) is 10.8. The quantitative estimate of drug-likeness (QED) is 0.150. The van der Waals surface area contributed by atoms with Crippen molar-refractivity contribution >= 4 is 5.69 Å². The van der Waals surface area contributed by atoms with Gasteiger partial charge in [0.2, 0.25) is 5.82 Å². The van der Waals surface area contributed by atoms with Crippen LogP contribution in [0.2, 0.25) is 0 Å². The van der Waals surface area contributed by atoms with Gasteiger partial charge in [0.25, 0.3) is 11.6 Å². The van der Waals surface area contributed by atoms with Gasteiger partial charge in [-0.25, -0.2) is 0 Å². The van der Waals surface area contributed by atoms with Crippen molar-refractivity contribution in [3.63, 3.8) is 0 Å². The summed E-state index contributed by atoms with van der Waals surface area (Å²) in [7, 11) is 0. The number of nitrogens with zero attached hydrogens (tertiary/aromatic N) is 3. The SMILES string of the molecule is CCCCCCOc1ccc(-c2ccc(-c3noc(-c4ccc([N+](=O)[O-])cc4)n3)cc2)cc1. The number of benzene rings is 3. The van der Waals surface area contributed by atoms with Crippen LogP contribution in [0.3, 0.4) is 0 Å². The Morgan fingerprint density at radius 2 is 1.42 bits per heavy atom. The molecular weight excluding hydrogens is 418 g/mol. The standard InChI is InChI=1S/C26H25N3O4/c1-2-3-4-5-18-32-24-16-12-20(13-17-24)19-6-8-21(9-7-19)25-27-26(33-28-25)22-10-14-23(15-11-22)29(30)31/h6-17H,2-5,18H2,1H3. The van der Waals surface area contributed by atoms with Gasteiger partial charge in [0.05, 0.1) is 11.5 Å². The van der Waals surface area contributed by atoms with Gasteiger partial charge in [0, 0.05) is 23.3 Å². The Labute approximate surface area is 192 Å². The van der Waals surface area contributed by atoms with Crippen LogP contribution in [0.1, 0.15) is 32.6 Å². The number of aromatic nitrogens is 2. The Bertz CT molecular complexity index is 1180. The van der Waals surface area contributed by atoms with Gasteiger partial charge in [-0.3, -0.25) is 10.1 Å². The Morgan fingerprint density at radius 1 is 0.818 bits per heavy atom. The molecule has 0 bridgehead atoms. The van der Waals surface area contributed by atoms with E-state index in [1.165, 1.54) is 31.4 Å². The smallest absolute Gasteiger partial charge is 0.269 e. The molecule has 7 heteroatoms. The van der Waals surface area contributed by atoms with Crippen molar-refractivity contribution < 1.29 is 14.2 Å². The fourth-order valence-electron chi connectivity index (χ4n) is 3.46. The van der Waals surface area contributed by atoms with E-state index in [0.29, 0.717) is 17.3 Å². The maximum Gasteiger partial charge on any atom is 0.269 e. The van der Waals surface area contributed by atoms with Gasteiger partial charge in [0.1, 0.15) is 5.75 Å². The summed E-state index contributed by atoms with van der Waals surface area (Å²) in [5.74, 6) is 1.66. The summed E-state index contributed by atoms with van der Waals surface area (Å²) in [6.45, 7) is 2.95. The molecule has 0 aliphatic heterocycles. The number of hydrogen-bond donors (Lipinski definition) is 0. The molecule has 0 spiro atoms. The molecule has 0 aliphatic rings. The van der Waals surface area contributed by atoms with Gasteiger partial charge in [0.15, 0.2) is 0 Å². The maximum atomic E-state index is 10.8. The van der Waals surface area contributed by atoms with Crippen molar-refractivity contribution in [1.29, 1.82) is 0 Å². The number of nitro groups is 1. The molecular formula is C26H25N3O4. The van der Waals surface area contributed by atoms with Crippen LogP contribution in [0.15, 0.2) is 77.3 Å². The number of hydrogen-bond acceptors (Lipinski definition) is 6. The van der Waals surface area contributed by atoms with Crippen molar-refractivity contribution in [2.75, 3.05) is 6.61 Å². The van der Waals surface area contributed by atoms with Gasteiger partial charge in [-0.05, 0) is 41.8 Å². The van der Waals surface area contributed by atoms with Crippen molar-refractivity contribution in [2.45, 2.75) is 32.6 Å². The average molecular weight is 444 g/mol. The van der Waals surface area contributed by atoms with Crippen LogP contribution >= 0.6 is 0 Å². The second-order valence-corrected chi connectivity index (χ2v) is 7.74. The highest BCUT2D eigenvalue weighted by atomic mass is 16.6. The molecule has 0 amide bonds. The summed E-state index contributed by atoms with van der Waals surface area (Å²) < 4.78 is 11.2. The predicted molar refractivity (Wildman–Crippen MR) is 127 cm³/mol. The first-order chi connectivity index (χ1) is 16.1. The third kappa shape index (κ3) is 5.63. The van der Waals surface area contributed by atoms with Crippen molar-refractivity contribution in [2.24, 2.45) is 0 Å². The van der Waals surface area contributed by atoms with Crippen molar-refractivity contribution in [3.05, 3.63) is 82.9 Å². The number of rotatable bonds is 10. The minimum atomic E-state index is -0.445. The minimum Gasteiger partial charge on any atom is -0.494 e. The predicted octanol–water partition coefficient (Wildman–Crippen LogP) is 6.94. The Hall–Kier alpha value is -4.00. The first-order valence-corrected chi connectivity index (χ1v) is 11.1. The molecule has 0 fully saturated rings. The van der Waals surface area contributed by atoms with Gasteiger partial charge in [-0.2, -0.15) is 4.98 Å². The van der Waals surface area contributed by atoms with E-state index in [-0.39, 0.29) is 5.69 Å². The third-order valence-corrected chi connectivity index (χ3v) is 5.35. The van der Waals surface area contributed by atoms with Crippen LogP contribution in [0, 0.1) is 10.1 Å². The summed E-state index contributed by atoms with van der Waals surface area (Å²) >= 11 is 0. The fraction of sp³-hybridized carbons (Fsp3) is 0.231. The molecule has 0 atom stereocenters. The monoisotopic (exact) mass is 443 g/mol. The zero-order valence-corrected chi connectivity index (χ0v) is 18.4. The van der Waals surface area contributed by atoms with Gasteiger partial charge in [-0.1, -0.05) is 67.7 Å². The number of ether oxygens (including phenoxy) is 1. The number of non-ortho nitro benzene ring substituents is 1. The summed E-state index contributed by atoms with van der Waals surface area (Å²) in [6, 6.07) is 22.0. The zero-order valence-electron chi connectivity index (χ0n) is 18.4. The molecule has 4 aromatic rings. The third-order valence-electron chi connectivity index (χ3n) is 5.35. The van der Waals surface area contributed by atoms with Crippen LogP contribution in [0.4, 0.5) is 5.69 Å². The van der Waals surface area contributed by atoms with E-state index in [9.17, 15) is 10.1 Å². The van der Waals surface area contributed by atoms with Crippen molar-refractivity contribution in [1.82, 2.24) is 10.1 Å². The van der Waals surface area contributed by atoms with Crippen LogP contribution in [-0.4, -0.2) is 21.7 Å². The summed E-state index contributed by atoms with van der Waals surface area (Å²) in [6.07, 6.45) is 4.76. The lowest BCUT2D eigenvalue weighted by molar-refractivity contribution is -0.384. The molecule has 0 unspecified atom stereocenters. The largest absolute Gasteiger partial charge is 0.494 e. The lowest BCUT2D eigenvalue weighted by Crippen LogP contribution is -1.96. The molecule has 33 heavy (non-hydrogen) atoms. The number of unbranched alkanes of at least 4 members (excludes halogenated alkanes) is 3. The van der Waals surface area contributed by atoms with Gasteiger partial charge in [-0.15, -0.1) is 0 Å². The molecule has 0 saturated heterocycles. The molecule has 0 N–H and O–H groups in total. The average Bonchev–Trinajstić information content (AvgIpc) is 3.35. The zero-order chi connectivity index (χ0) is 23.0. The van der Waals surface area contributed by atoms with Crippen LogP contribution in [-0.2, 0) is 0 Å². The molecule has 1 aromatic heterocycles. The first kappa shape index (κ1) is 22.2. The van der Waals surface area contributed by atoms with E-state index in [4.69, 9.17) is 9.26 Å². The van der Waals surface area contributed by atoms with E-state index < -0.39 is 4.92 Å². The van der Waals surface area contributed by atoms with E-state index in [2.05, 4.69) is 29.2 Å². The molecule has 7 nitrogen and oxygen atoms in total. The molecule has 1 heterocycles.